The summed E-state index contributed by atoms with van der Waals surface area (Å²) in [6.07, 6.45) is 1.46. The molecule has 1 aromatic carbocycles. The van der Waals surface area contributed by atoms with Crippen LogP contribution in [0, 0.1) is 9.49 Å². The van der Waals surface area contributed by atoms with Crippen LogP contribution in [0.2, 0.25) is 0 Å². The third kappa shape index (κ3) is 3.43. The standard InChI is InChI=1S/C13H15BrIN3O2/c14-9-1-2-11(15)10(7-9)13(19)18-5-3-8(4-6-18)12(16)17-20/h1-2,7-8,20H,3-6H2,(H2,16,17). The lowest BCUT2D eigenvalue weighted by atomic mass is 9.95. The molecule has 1 aromatic rings. The lowest BCUT2D eigenvalue weighted by Crippen LogP contribution is -2.42. The largest absolute Gasteiger partial charge is 0.409 e. The molecular weight excluding hydrogens is 437 g/mol. The highest BCUT2D eigenvalue weighted by Crippen LogP contribution is 2.23. The minimum Gasteiger partial charge on any atom is -0.409 e. The second-order valence-electron chi connectivity index (χ2n) is 4.72. The molecule has 1 aliphatic rings. The third-order valence-corrected chi connectivity index (χ3v) is 4.91. The van der Waals surface area contributed by atoms with Crippen LogP contribution in [0.15, 0.2) is 27.8 Å². The van der Waals surface area contributed by atoms with E-state index < -0.39 is 0 Å². The molecule has 2 rings (SSSR count). The fraction of sp³-hybridized carbons (Fsp3) is 0.385. The molecule has 0 spiro atoms. The van der Waals surface area contributed by atoms with Gasteiger partial charge in [0.2, 0.25) is 0 Å². The van der Waals surface area contributed by atoms with E-state index in [-0.39, 0.29) is 17.7 Å². The second kappa shape index (κ2) is 6.75. The van der Waals surface area contributed by atoms with Gasteiger partial charge in [0.15, 0.2) is 0 Å². The van der Waals surface area contributed by atoms with E-state index in [1.165, 1.54) is 0 Å². The van der Waals surface area contributed by atoms with Gasteiger partial charge in [-0.1, -0.05) is 21.1 Å². The minimum absolute atomic E-state index is 0.0358. The number of likely N-dealkylation sites (tertiary alicyclic amines) is 1. The summed E-state index contributed by atoms with van der Waals surface area (Å²) in [5.41, 5.74) is 6.32. The number of hydrogen-bond acceptors (Lipinski definition) is 3. The van der Waals surface area contributed by atoms with Crippen LogP contribution in [0.1, 0.15) is 23.2 Å². The van der Waals surface area contributed by atoms with E-state index in [1.807, 2.05) is 23.1 Å². The van der Waals surface area contributed by atoms with Gasteiger partial charge in [-0.3, -0.25) is 4.79 Å². The lowest BCUT2D eigenvalue weighted by Gasteiger charge is -2.31. The van der Waals surface area contributed by atoms with Crippen LogP contribution < -0.4 is 5.73 Å². The smallest absolute Gasteiger partial charge is 0.254 e. The van der Waals surface area contributed by atoms with E-state index >= 15 is 0 Å². The first-order valence-electron chi connectivity index (χ1n) is 6.24. The zero-order valence-electron chi connectivity index (χ0n) is 10.7. The fourth-order valence-corrected chi connectivity index (χ4v) is 3.22. The number of halogens is 2. The van der Waals surface area contributed by atoms with E-state index in [0.29, 0.717) is 18.7 Å². The second-order valence-corrected chi connectivity index (χ2v) is 6.79. The van der Waals surface area contributed by atoms with Crippen LogP contribution in [0.3, 0.4) is 0 Å². The monoisotopic (exact) mass is 451 g/mol. The number of nitrogens with zero attached hydrogens (tertiary/aromatic N) is 2. The maximum absolute atomic E-state index is 12.5. The van der Waals surface area contributed by atoms with Crippen molar-refractivity contribution in [2.75, 3.05) is 13.1 Å². The van der Waals surface area contributed by atoms with Gasteiger partial charge in [-0.2, -0.15) is 0 Å². The summed E-state index contributed by atoms with van der Waals surface area (Å²) in [5.74, 6) is 0.355. The molecule has 20 heavy (non-hydrogen) atoms. The van der Waals surface area contributed by atoms with E-state index in [0.717, 1.165) is 20.9 Å². The number of piperidine rings is 1. The molecule has 0 radical (unpaired) electrons. The molecule has 0 saturated carbocycles. The third-order valence-electron chi connectivity index (χ3n) is 3.47. The average Bonchev–Trinajstić information content (AvgIpc) is 2.48. The predicted molar refractivity (Wildman–Crippen MR) is 88.9 cm³/mol. The summed E-state index contributed by atoms with van der Waals surface area (Å²) in [4.78, 5) is 14.3. The normalized spacial score (nSPS) is 17.3. The number of carbonyl (C=O) groups excluding carboxylic acids is 1. The van der Waals surface area contributed by atoms with E-state index in [1.54, 1.807) is 0 Å². The zero-order valence-corrected chi connectivity index (χ0v) is 14.5. The van der Waals surface area contributed by atoms with Crippen molar-refractivity contribution >= 4 is 50.3 Å². The van der Waals surface area contributed by atoms with Gasteiger partial charge in [0, 0.05) is 27.1 Å². The Morgan fingerprint density at radius 1 is 1.45 bits per heavy atom. The molecule has 0 aromatic heterocycles. The van der Waals surface area contributed by atoms with Gasteiger partial charge >= 0.3 is 0 Å². The predicted octanol–water partition coefficient (Wildman–Crippen LogP) is 2.65. The number of nitrogens with two attached hydrogens (primary N) is 1. The molecule has 0 aliphatic carbocycles. The van der Waals surface area contributed by atoms with Crippen LogP contribution in [-0.2, 0) is 0 Å². The molecule has 7 heteroatoms. The summed E-state index contributed by atoms with van der Waals surface area (Å²) in [5, 5.41) is 11.7. The van der Waals surface area contributed by atoms with Gasteiger partial charge in [0.05, 0.1) is 5.56 Å². The number of amides is 1. The molecule has 1 aliphatic heterocycles. The van der Waals surface area contributed by atoms with Crippen molar-refractivity contribution < 1.29 is 10.0 Å². The topological polar surface area (TPSA) is 78.9 Å². The highest BCUT2D eigenvalue weighted by molar-refractivity contribution is 14.1. The number of benzene rings is 1. The summed E-state index contributed by atoms with van der Waals surface area (Å²) < 4.78 is 1.84. The quantitative estimate of drug-likeness (QED) is 0.238. The van der Waals surface area contributed by atoms with Crippen LogP contribution >= 0.6 is 38.5 Å². The molecule has 1 fully saturated rings. The highest BCUT2D eigenvalue weighted by atomic mass is 127. The van der Waals surface area contributed by atoms with Crippen LogP contribution in [0.25, 0.3) is 0 Å². The number of carbonyl (C=O) groups is 1. The van der Waals surface area contributed by atoms with E-state index in [2.05, 4.69) is 43.7 Å². The Hall–Kier alpha value is -0.830. The zero-order chi connectivity index (χ0) is 14.7. The summed E-state index contributed by atoms with van der Waals surface area (Å²) >= 11 is 5.56. The highest BCUT2D eigenvalue weighted by Gasteiger charge is 2.26. The molecular formula is C13H15BrIN3O2. The Bertz CT molecular complexity index is 542. The molecule has 1 saturated heterocycles. The minimum atomic E-state index is 0.0358. The van der Waals surface area contributed by atoms with Crippen molar-refractivity contribution in [1.29, 1.82) is 0 Å². The first-order chi connectivity index (χ1) is 9.52. The Morgan fingerprint density at radius 3 is 2.70 bits per heavy atom. The van der Waals surface area contributed by atoms with Gasteiger partial charge in [0.25, 0.3) is 5.91 Å². The maximum Gasteiger partial charge on any atom is 0.254 e. The number of rotatable bonds is 2. The summed E-state index contributed by atoms with van der Waals surface area (Å²) in [7, 11) is 0. The Balaban J connectivity index is 2.07. The molecule has 1 amide bonds. The average molecular weight is 452 g/mol. The van der Waals surface area contributed by atoms with Crippen molar-refractivity contribution in [3.8, 4) is 0 Å². The Morgan fingerprint density at radius 2 is 2.10 bits per heavy atom. The molecule has 3 N–H and O–H groups in total. The van der Waals surface area contributed by atoms with Crippen molar-refractivity contribution in [1.82, 2.24) is 4.90 Å². The summed E-state index contributed by atoms with van der Waals surface area (Å²) in [6, 6.07) is 5.68. The number of oxime groups is 1. The van der Waals surface area contributed by atoms with E-state index in [9.17, 15) is 4.79 Å². The number of hydrogen-bond donors (Lipinski definition) is 2. The Kier molecular flexibility index (Phi) is 5.25. The molecule has 0 atom stereocenters. The van der Waals surface area contributed by atoms with Crippen LogP contribution in [0.5, 0.6) is 0 Å². The van der Waals surface area contributed by atoms with Gasteiger partial charge in [0.1, 0.15) is 5.84 Å². The first-order valence-corrected chi connectivity index (χ1v) is 8.12. The first kappa shape index (κ1) is 15.6. The molecule has 1 heterocycles. The Labute approximate surface area is 139 Å². The van der Waals surface area contributed by atoms with Gasteiger partial charge in [-0.05, 0) is 53.6 Å². The van der Waals surface area contributed by atoms with Crippen LogP contribution in [0.4, 0.5) is 0 Å². The number of amidine groups is 1. The van der Waals surface area contributed by atoms with Crippen molar-refractivity contribution in [2.24, 2.45) is 16.8 Å². The van der Waals surface area contributed by atoms with Crippen molar-refractivity contribution in [2.45, 2.75) is 12.8 Å². The molecule has 0 unspecified atom stereocenters. The van der Waals surface area contributed by atoms with Gasteiger partial charge in [-0.25, -0.2) is 0 Å². The lowest BCUT2D eigenvalue weighted by molar-refractivity contribution is 0.0708. The van der Waals surface area contributed by atoms with Crippen molar-refractivity contribution in [3.05, 3.63) is 31.8 Å². The molecule has 0 bridgehead atoms. The molecule has 108 valence electrons. The SMILES string of the molecule is N/C(=N/O)C1CCN(C(=O)c2cc(Br)ccc2I)CC1. The van der Waals surface area contributed by atoms with Gasteiger partial charge < -0.3 is 15.8 Å². The van der Waals surface area contributed by atoms with Crippen LogP contribution in [-0.4, -0.2) is 34.9 Å². The van der Waals surface area contributed by atoms with Gasteiger partial charge in [-0.15, -0.1) is 0 Å². The molecule has 5 nitrogen and oxygen atoms in total. The van der Waals surface area contributed by atoms with Crippen molar-refractivity contribution in [3.63, 3.8) is 0 Å². The fourth-order valence-electron chi connectivity index (χ4n) is 2.29. The summed E-state index contributed by atoms with van der Waals surface area (Å²) in [6.45, 7) is 1.25. The maximum atomic E-state index is 12.5. The van der Waals surface area contributed by atoms with E-state index in [4.69, 9.17) is 10.9 Å².